The molecule has 0 aromatic heterocycles. The van der Waals surface area contributed by atoms with Crippen LogP contribution in [0, 0.1) is 0 Å². The van der Waals surface area contributed by atoms with Crippen LogP contribution < -0.4 is 0 Å². The molecule has 86 valence electrons. The molecular weight excluding hydrogens is 242 g/mol. The van der Waals surface area contributed by atoms with Crippen LogP contribution in [-0.2, 0) is 15.3 Å². The van der Waals surface area contributed by atoms with E-state index < -0.39 is 22.2 Å². The number of aliphatic hydroxyl groups excluding tert-OH is 1. The Bertz CT molecular complexity index is 661. The third kappa shape index (κ3) is 2.02. The van der Waals surface area contributed by atoms with Crippen LogP contribution in [0.15, 0.2) is 48.4 Å². The smallest absolute Gasteiger partial charge is 0.477 e. The van der Waals surface area contributed by atoms with Crippen molar-refractivity contribution in [3.8, 4) is 0 Å². The minimum Gasteiger partial charge on any atom is -0.499 e. The summed E-state index contributed by atoms with van der Waals surface area (Å²) in [5.41, 5.74) is 0.947. The topological polar surface area (TPSA) is 74.4 Å². The second-order valence-electron chi connectivity index (χ2n) is 3.29. The van der Waals surface area contributed by atoms with Gasteiger partial charge >= 0.3 is 16.4 Å². The van der Waals surface area contributed by atoms with Crippen LogP contribution in [0.3, 0.4) is 0 Å². The number of nitrogens with zero attached hydrogens (tertiary/aromatic N) is 1. The average molecular weight is 250 g/mol. The molecule has 2 rings (SSSR count). The Morgan fingerprint density at radius 1 is 1.12 bits per heavy atom. The number of hydrogen-bond donors (Lipinski definition) is 1. The molecule has 6 heteroatoms. The number of rotatable bonds is 1. The van der Waals surface area contributed by atoms with E-state index in [2.05, 4.69) is 0 Å². The Morgan fingerprint density at radius 3 is 2.35 bits per heavy atom. The number of carbonyl (C=O) groups is 1. The van der Waals surface area contributed by atoms with Gasteiger partial charge in [-0.25, -0.2) is 4.79 Å². The van der Waals surface area contributed by atoms with Crippen LogP contribution in [0.1, 0.15) is 5.56 Å². The number of amides is 1. The highest BCUT2D eigenvalue weighted by atomic mass is 32.2. The largest absolute Gasteiger partial charge is 0.499 e. The highest BCUT2D eigenvalue weighted by Gasteiger charge is 2.31. The summed E-state index contributed by atoms with van der Waals surface area (Å²) in [5.74, 6) is -1.54. The van der Waals surface area contributed by atoms with Crippen LogP contribution in [-0.4, -0.2) is 23.4 Å². The summed E-state index contributed by atoms with van der Waals surface area (Å²) in [5, 5.41) is 9.67. The Hall–Kier alpha value is -2.21. The number of benzene rings is 1. The van der Waals surface area contributed by atoms with Crippen molar-refractivity contribution in [2.24, 2.45) is 0 Å². The van der Waals surface area contributed by atoms with Crippen molar-refractivity contribution < 1.29 is 22.3 Å². The van der Waals surface area contributed by atoms with Crippen molar-refractivity contribution >= 4 is 22.0 Å². The molecule has 0 spiro atoms. The van der Waals surface area contributed by atoms with Crippen molar-refractivity contribution in [1.29, 1.82) is 0 Å². The van der Waals surface area contributed by atoms with E-state index >= 15 is 0 Å². The lowest BCUT2D eigenvalue weighted by atomic mass is 10.0. The molecule has 1 amide bonds. The summed E-state index contributed by atoms with van der Waals surface area (Å²) in [4.78, 5) is 11.5. The van der Waals surface area contributed by atoms with Gasteiger partial charge in [-0.1, -0.05) is 30.3 Å². The van der Waals surface area contributed by atoms with Crippen molar-refractivity contribution in [2.45, 2.75) is 0 Å². The molecule has 0 fully saturated rings. The number of aliphatic hydroxyl groups is 1. The molecule has 1 aliphatic rings. The molecular formula is C11H8NO4S+. The van der Waals surface area contributed by atoms with Gasteiger partial charge in [0.15, 0.2) is 6.20 Å². The SMILES string of the molecule is O=C1C(O)=C(c2ccccc2)C=C[N+]1=S(=O)=O. The minimum atomic E-state index is -2.72. The standard InChI is InChI=1S/C11H7NO4S/c13-10-9(8-4-2-1-3-5-8)6-7-12(11(10)14)17(15)16/h1-7H/p+1. The third-order valence-corrected chi connectivity index (χ3v) is 2.89. The lowest BCUT2D eigenvalue weighted by Gasteiger charge is -2.05. The summed E-state index contributed by atoms with van der Waals surface area (Å²) >= 11 is 0. The van der Waals surface area contributed by atoms with Crippen molar-refractivity contribution in [1.82, 2.24) is 0 Å². The van der Waals surface area contributed by atoms with Crippen molar-refractivity contribution in [3.63, 3.8) is 0 Å². The zero-order valence-electron chi connectivity index (χ0n) is 8.57. The van der Waals surface area contributed by atoms with Gasteiger partial charge in [0.25, 0.3) is 0 Å². The lowest BCUT2D eigenvalue weighted by molar-refractivity contribution is -0.357. The van der Waals surface area contributed by atoms with E-state index in [0.717, 1.165) is 6.20 Å². The number of carbonyl (C=O) groups excluding carboxylic acids is 1. The van der Waals surface area contributed by atoms with E-state index in [1.807, 2.05) is 0 Å². The van der Waals surface area contributed by atoms with Gasteiger partial charge < -0.3 is 5.11 Å². The fourth-order valence-electron chi connectivity index (χ4n) is 1.48. The van der Waals surface area contributed by atoms with E-state index in [4.69, 9.17) is 0 Å². The summed E-state index contributed by atoms with van der Waals surface area (Å²) in [6.45, 7) is 0. The van der Waals surface area contributed by atoms with E-state index in [-0.39, 0.29) is 0 Å². The fourth-order valence-corrected chi connectivity index (χ4v) is 1.86. The molecule has 1 aliphatic heterocycles. The van der Waals surface area contributed by atoms with Gasteiger partial charge in [0.2, 0.25) is 5.76 Å². The monoisotopic (exact) mass is 250 g/mol. The Kier molecular flexibility index (Phi) is 2.88. The molecule has 0 bridgehead atoms. The van der Waals surface area contributed by atoms with E-state index in [1.165, 1.54) is 6.08 Å². The highest BCUT2D eigenvalue weighted by molar-refractivity contribution is 7.59. The Balaban J connectivity index is 2.58. The van der Waals surface area contributed by atoms with Gasteiger partial charge in [0, 0.05) is 11.6 Å². The minimum absolute atomic E-state index is 0.303. The first-order valence-corrected chi connectivity index (χ1v) is 5.74. The van der Waals surface area contributed by atoms with Crippen LogP contribution in [0.5, 0.6) is 0 Å². The number of allylic oxidation sites excluding steroid dienone is 2. The molecule has 17 heavy (non-hydrogen) atoms. The maximum absolute atomic E-state index is 11.5. The zero-order chi connectivity index (χ0) is 12.4. The predicted molar refractivity (Wildman–Crippen MR) is 59.3 cm³/mol. The Morgan fingerprint density at radius 2 is 1.76 bits per heavy atom. The van der Waals surface area contributed by atoms with E-state index in [1.54, 1.807) is 30.3 Å². The Labute approximate surface area is 98.6 Å². The molecule has 0 unspecified atom stereocenters. The summed E-state index contributed by atoms with van der Waals surface area (Å²) < 4.78 is 21.8. The van der Waals surface area contributed by atoms with Gasteiger partial charge in [0.1, 0.15) is 0 Å². The van der Waals surface area contributed by atoms with E-state index in [9.17, 15) is 18.3 Å². The average Bonchev–Trinajstić information content (AvgIpc) is 2.33. The summed E-state index contributed by atoms with van der Waals surface area (Å²) in [7, 11) is -2.72. The van der Waals surface area contributed by atoms with Gasteiger partial charge in [-0.05, 0) is 9.51 Å². The zero-order valence-corrected chi connectivity index (χ0v) is 9.39. The molecule has 1 heterocycles. The van der Waals surface area contributed by atoms with Crippen molar-refractivity contribution in [2.75, 3.05) is 0 Å². The maximum atomic E-state index is 11.5. The molecule has 0 aliphatic carbocycles. The molecule has 0 atom stereocenters. The molecule has 1 N–H and O–H groups in total. The predicted octanol–water partition coefficient (Wildman–Crippen LogP) is 1.08. The van der Waals surface area contributed by atoms with E-state index in [0.29, 0.717) is 15.1 Å². The highest BCUT2D eigenvalue weighted by Crippen LogP contribution is 2.22. The molecule has 0 saturated heterocycles. The first kappa shape index (κ1) is 11.3. The molecule has 5 nitrogen and oxygen atoms in total. The fraction of sp³-hybridized carbons (Fsp3) is 0. The first-order valence-electron chi connectivity index (χ1n) is 4.71. The second kappa shape index (κ2) is 4.34. The maximum Gasteiger partial charge on any atom is 0.477 e. The molecule has 0 radical (unpaired) electrons. The lowest BCUT2D eigenvalue weighted by Crippen LogP contribution is -2.20. The van der Waals surface area contributed by atoms with Gasteiger partial charge in [0.05, 0.1) is 0 Å². The first-order chi connectivity index (χ1) is 8.11. The molecule has 1 aromatic rings. The summed E-state index contributed by atoms with van der Waals surface area (Å²) in [6, 6.07) is 8.74. The normalized spacial score (nSPS) is 15.3. The van der Waals surface area contributed by atoms with Gasteiger partial charge in [-0.3, -0.25) is 0 Å². The molecule has 0 saturated carbocycles. The van der Waals surface area contributed by atoms with Crippen LogP contribution in [0.2, 0.25) is 0 Å². The van der Waals surface area contributed by atoms with Crippen LogP contribution in [0.4, 0.5) is 0 Å². The van der Waals surface area contributed by atoms with Crippen LogP contribution in [0.25, 0.3) is 5.57 Å². The summed E-state index contributed by atoms with van der Waals surface area (Å²) in [6.07, 6.45) is 2.48. The van der Waals surface area contributed by atoms with Gasteiger partial charge in [-0.15, -0.1) is 8.42 Å². The number of hydrogen-bond acceptors (Lipinski definition) is 4. The second-order valence-corrected chi connectivity index (χ2v) is 4.12. The van der Waals surface area contributed by atoms with Crippen LogP contribution >= 0.6 is 0 Å². The van der Waals surface area contributed by atoms with Gasteiger partial charge in [-0.2, -0.15) is 0 Å². The third-order valence-electron chi connectivity index (χ3n) is 2.28. The van der Waals surface area contributed by atoms with Crippen molar-refractivity contribution in [3.05, 3.63) is 53.9 Å². The quantitative estimate of drug-likeness (QED) is 0.757. The molecule has 1 aromatic carbocycles.